The number of hydrogen-bond donors (Lipinski definition) is 1. The number of carbonyl (C=O) groups excluding carboxylic acids is 2. The second kappa shape index (κ2) is 9.75. The number of sulfonamides is 1. The van der Waals surface area contributed by atoms with Crippen LogP contribution >= 0.6 is 0 Å². The number of nitrogens with one attached hydrogen (secondary N) is 1. The molecule has 3 aliphatic rings. The predicted octanol–water partition coefficient (Wildman–Crippen LogP) is 2.28. The van der Waals surface area contributed by atoms with E-state index >= 15 is 0 Å². The molecule has 0 aromatic heterocycles. The van der Waals surface area contributed by atoms with Crippen molar-refractivity contribution < 1.29 is 18.0 Å². The number of carbonyl (C=O) groups is 2. The largest absolute Gasteiger partial charge is 0.359 e. The maximum atomic E-state index is 12.0. The summed E-state index contributed by atoms with van der Waals surface area (Å²) in [5.74, 6) is -0.693. The van der Waals surface area contributed by atoms with Crippen molar-refractivity contribution in [3.8, 4) is 0 Å². The van der Waals surface area contributed by atoms with Gasteiger partial charge in [0.25, 0.3) is 0 Å². The van der Waals surface area contributed by atoms with Gasteiger partial charge in [0, 0.05) is 36.8 Å². The van der Waals surface area contributed by atoms with Gasteiger partial charge in [-0.25, -0.2) is 13.1 Å². The van der Waals surface area contributed by atoms with Gasteiger partial charge in [-0.1, -0.05) is 43.0 Å². The first-order valence-corrected chi connectivity index (χ1v) is 12.4. The van der Waals surface area contributed by atoms with Crippen LogP contribution in [0.25, 0.3) is 0 Å². The highest BCUT2D eigenvalue weighted by Crippen LogP contribution is 2.28. The SMILES string of the molecule is C=C(C=CC=C(C)C1=C2C=CC=CC2CN=C1)N1CC(=O)C(=O)CC1C(C)NS(C)(=O)=O. The van der Waals surface area contributed by atoms with E-state index in [4.69, 9.17) is 0 Å². The number of nitrogens with zero attached hydrogens (tertiary/aromatic N) is 2. The highest BCUT2D eigenvalue weighted by Gasteiger charge is 2.36. The summed E-state index contributed by atoms with van der Waals surface area (Å²) in [4.78, 5) is 30.2. The Kier molecular flexibility index (Phi) is 7.26. The van der Waals surface area contributed by atoms with E-state index in [2.05, 4.69) is 28.4 Å². The Morgan fingerprint density at radius 1 is 1.31 bits per heavy atom. The molecule has 32 heavy (non-hydrogen) atoms. The van der Waals surface area contributed by atoms with Crippen LogP contribution in [0.1, 0.15) is 20.3 Å². The van der Waals surface area contributed by atoms with E-state index in [9.17, 15) is 18.0 Å². The van der Waals surface area contributed by atoms with Crippen molar-refractivity contribution in [2.75, 3.05) is 19.3 Å². The number of hydrogen-bond acceptors (Lipinski definition) is 6. The number of fused-ring (bicyclic) bond motifs is 1. The number of piperidine rings is 1. The van der Waals surface area contributed by atoms with E-state index in [-0.39, 0.29) is 13.0 Å². The van der Waals surface area contributed by atoms with Gasteiger partial charge in [0.05, 0.1) is 18.8 Å². The second-order valence-corrected chi connectivity index (χ2v) is 10.1. The lowest BCUT2D eigenvalue weighted by molar-refractivity contribution is -0.140. The van der Waals surface area contributed by atoms with E-state index in [0.717, 1.165) is 23.9 Å². The molecule has 3 unspecified atom stereocenters. The average molecular weight is 456 g/mol. The van der Waals surface area contributed by atoms with Crippen molar-refractivity contribution in [2.45, 2.75) is 32.4 Å². The third-order valence-corrected chi connectivity index (χ3v) is 6.59. The molecule has 0 bridgehead atoms. The maximum Gasteiger partial charge on any atom is 0.217 e. The summed E-state index contributed by atoms with van der Waals surface area (Å²) in [6.45, 7) is 8.38. The molecular formula is C24H29N3O4S. The minimum Gasteiger partial charge on any atom is -0.359 e. The van der Waals surface area contributed by atoms with E-state index < -0.39 is 33.7 Å². The summed E-state index contributed by atoms with van der Waals surface area (Å²) in [6, 6.07) is -1.05. The van der Waals surface area contributed by atoms with Crippen LogP contribution in [-0.4, -0.2) is 62.5 Å². The molecule has 0 aromatic carbocycles. The van der Waals surface area contributed by atoms with Crippen LogP contribution in [0.15, 0.2) is 76.5 Å². The molecule has 1 fully saturated rings. The summed E-state index contributed by atoms with van der Waals surface area (Å²) in [5.41, 5.74) is 3.91. The molecule has 2 aliphatic heterocycles. The number of ketones is 2. The molecular weight excluding hydrogens is 426 g/mol. The molecule has 0 amide bonds. The normalized spacial score (nSPS) is 25.0. The highest BCUT2D eigenvalue weighted by molar-refractivity contribution is 7.88. The van der Waals surface area contributed by atoms with Gasteiger partial charge < -0.3 is 4.90 Å². The smallest absolute Gasteiger partial charge is 0.217 e. The number of aliphatic imine (C=N–C) groups is 1. The first-order valence-electron chi connectivity index (χ1n) is 10.5. The fourth-order valence-electron chi connectivity index (χ4n) is 4.14. The van der Waals surface area contributed by atoms with Gasteiger partial charge in [0.15, 0.2) is 0 Å². The van der Waals surface area contributed by atoms with Crippen LogP contribution < -0.4 is 4.72 Å². The molecule has 2 heterocycles. The quantitative estimate of drug-likeness (QED) is 0.469. The Morgan fingerprint density at radius 3 is 2.78 bits per heavy atom. The molecule has 1 N–H and O–H groups in total. The lowest BCUT2D eigenvalue weighted by atomic mass is 9.86. The van der Waals surface area contributed by atoms with Gasteiger partial charge in [0.1, 0.15) is 0 Å². The molecule has 0 aromatic rings. The lowest BCUT2D eigenvalue weighted by Gasteiger charge is -2.39. The number of allylic oxidation sites excluding steroid dienone is 8. The van der Waals surface area contributed by atoms with Crippen LogP contribution in [-0.2, 0) is 19.6 Å². The molecule has 0 radical (unpaired) electrons. The fourth-order valence-corrected chi connectivity index (χ4v) is 4.97. The van der Waals surface area contributed by atoms with Crippen molar-refractivity contribution in [1.29, 1.82) is 0 Å². The van der Waals surface area contributed by atoms with Crippen molar-refractivity contribution >= 4 is 27.8 Å². The Labute approximate surface area is 189 Å². The zero-order chi connectivity index (χ0) is 23.5. The van der Waals surface area contributed by atoms with Crippen LogP contribution in [0.5, 0.6) is 0 Å². The van der Waals surface area contributed by atoms with Crippen molar-refractivity contribution in [3.63, 3.8) is 0 Å². The third kappa shape index (κ3) is 5.69. The maximum absolute atomic E-state index is 12.0. The summed E-state index contributed by atoms with van der Waals surface area (Å²) in [6.07, 6.45) is 16.8. The molecule has 7 nitrogen and oxygen atoms in total. The highest BCUT2D eigenvalue weighted by atomic mass is 32.2. The molecule has 3 atom stereocenters. The fraction of sp³-hybridized carbons (Fsp3) is 0.375. The molecule has 170 valence electrons. The van der Waals surface area contributed by atoms with Crippen molar-refractivity contribution in [1.82, 2.24) is 9.62 Å². The van der Waals surface area contributed by atoms with Crippen molar-refractivity contribution in [3.05, 3.63) is 71.5 Å². The van der Waals surface area contributed by atoms with Gasteiger partial charge in [-0.15, -0.1) is 0 Å². The number of dihydropyridines is 1. The predicted molar refractivity (Wildman–Crippen MR) is 127 cm³/mol. The zero-order valence-electron chi connectivity index (χ0n) is 18.6. The molecule has 3 rings (SSSR count). The van der Waals surface area contributed by atoms with Gasteiger partial charge >= 0.3 is 0 Å². The van der Waals surface area contributed by atoms with Crippen LogP contribution in [0.2, 0.25) is 0 Å². The average Bonchev–Trinajstić information content (AvgIpc) is 2.73. The minimum atomic E-state index is -3.46. The standard InChI is InChI=1S/C24H29N3O4S/c1-16(21-14-25-13-19-10-5-6-11-20(19)21)8-7-9-17(2)27-15-24(29)23(28)12-22(27)18(3)26-32(4,30)31/h5-11,14,18-19,22,26H,2,12-13,15H2,1,3-4H3. The summed E-state index contributed by atoms with van der Waals surface area (Å²) in [5, 5.41) is 0. The second-order valence-electron chi connectivity index (χ2n) is 8.34. The Hall–Kier alpha value is -2.84. The van der Waals surface area contributed by atoms with E-state index in [0.29, 0.717) is 11.6 Å². The molecule has 1 aliphatic carbocycles. The van der Waals surface area contributed by atoms with Gasteiger partial charge in [0.2, 0.25) is 21.6 Å². The number of rotatable bonds is 7. The summed E-state index contributed by atoms with van der Waals surface area (Å²) >= 11 is 0. The first kappa shape index (κ1) is 23.8. The van der Waals surface area contributed by atoms with E-state index in [1.165, 1.54) is 5.57 Å². The van der Waals surface area contributed by atoms with Crippen LogP contribution in [0, 0.1) is 5.92 Å². The van der Waals surface area contributed by atoms with Crippen molar-refractivity contribution in [2.24, 2.45) is 10.9 Å². The minimum absolute atomic E-state index is 0.0573. The Morgan fingerprint density at radius 2 is 2.06 bits per heavy atom. The molecule has 8 heteroatoms. The number of Topliss-reactive ketones (excluding diaryl/α,β-unsaturated/α-hetero) is 2. The van der Waals surface area contributed by atoms with Gasteiger partial charge in [-0.2, -0.15) is 0 Å². The molecule has 0 saturated carbocycles. The van der Waals surface area contributed by atoms with E-state index in [1.54, 1.807) is 17.9 Å². The summed E-state index contributed by atoms with van der Waals surface area (Å²) in [7, 11) is -3.46. The van der Waals surface area contributed by atoms with E-state index in [1.807, 2.05) is 37.4 Å². The van der Waals surface area contributed by atoms with Gasteiger partial charge in [-0.05, 0) is 36.6 Å². The molecule has 1 saturated heterocycles. The Balaban J connectivity index is 1.77. The monoisotopic (exact) mass is 455 g/mol. The Bertz CT molecular complexity index is 1110. The lowest BCUT2D eigenvalue weighted by Crippen LogP contribution is -2.56. The van der Waals surface area contributed by atoms with Crippen LogP contribution in [0.3, 0.4) is 0 Å². The topological polar surface area (TPSA) is 95.9 Å². The summed E-state index contributed by atoms with van der Waals surface area (Å²) < 4.78 is 25.8. The van der Waals surface area contributed by atoms with Crippen LogP contribution in [0.4, 0.5) is 0 Å². The zero-order valence-corrected chi connectivity index (χ0v) is 19.4. The third-order valence-electron chi connectivity index (χ3n) is 5.79. The molecule has 0 spiro atoms. The number of likely N-dealkylation sites (tertiary alicyclic amines) is 1. The first-order chi connectivity index (χ1) is 15.1. The van der Waals surface area contributed by atoms with Gasteiger partial charge in [-0.3, -0.25) is 14.6 Å².